The molecule has 3 aromatic rings. The van der Waals surface area contributed by atoms with Crippen LogP contribution >= 0.6 is 0 Å². The summed E-state index contributed by atoms with van der Waals surface area (Å²) in [6.07, 6.45) is 2.55. The third-order valence-electron chi connectivity index (χ3n) is 3.71. The third-order valence-corrected chi connectivity index (χ3v) is 3.71. The van der Waals surface area contributed by atoms with E-state index in [1.807, 2.05) is 12.1 Å². The van der Waals surface area contributed by atoms with Gasteiger partial charge in [-0.3, -0.25) is 0 Å². The maximum Gasteiger partial charge on any atom is 0.328 e. The Kier molecular flexibility index (Phi) is 4.35. The molecule has 2 aromatic carbocycles. The van der Waals surface area contributed by atoms with Gasteiger partial charge in [0.2, 0.25) is 0 Å². The summed E-state index contributed by atoms with van der Waals surface area (Å²) in [5.41, 5.74) is 1.97. The molecule has 1 heterocycles. The fourth-order valence-electron chi connectivity index (χ4n) is 2.53. The van der Waals surface area contributed by atoms with Crippen LogP contribution in [0.4, 0.5) is 0 Å². The summed E-state index contributed by atoms with van der Waals surface area (Å²) in [4.78, 5) is 10.7. The van der Waals surface area contributed by atoms with Crippen molar-refractivity contribution in [3.05, 3.63) is 48.0 Å². The van der Waals surface area contributed by atoms with E-state index in [0.717, 1.165) is 17.0 Å². The second-order valence-corrected chi connectivity index (χ2v) is 5.31. The summed E-state index contributed by atoms with van der Waals surface area (Å²) >= 11 is 0. The molecule has 0 amide bonds. The first-order valence-corrected chi connectivity index (χ1v) is 7.42. The molecular weight excluding hydrogens is 324 g/mol. The summed E-state index contributed by atoms with van der Waals surface area (Å²) in [7, 11) is 2.99. The molecule has 0 spiro atoms. The SMILES string of the molecule is COc1cc(-c2cc3cc(/C=C/C(=O)O)cc(OC)c3o2)ccc1O. The zero-order valence-electron chi connectivity index (χ0n) is 13.6. The van der Waals surface area contributed by atoms with Gasteiger partial charge < -0.3 is 24.1 Å². The van der Waals surface area contributed by atoms with Crippen molar-refractivity contribution >= 4 is 23.0 Å². The van der Waals surface area contributed by atoms with Crippen LogP contribution in [0, 0.1) is 0 Å². The van der Waals surface area contributed by atoms with E-state index in [4.69, 9.17) is 19.0 Å². The number of aliphatic carboxylic acids is 1. The maximum absolute atomic E-state index is 10.7. The number of carboxylic acids is 1. The number of carbonyl (C=O) groups is 1. The average molecular weight is 340 g/mol. The number of rotatable bonds is 5. The summed E-state index contributed by atoms with van der Waals surface area (Å²) in [6.45, 7) is 0. The van der Waals surface area contributed by atoms with Crippen LogP contribution < -0.4 is 9.47 Å². The Bertz CT molecular complexity index is 967. The maximum atomic E-state index is 10.7. The van der Waals surface area contributed by atoms with Crippen LogP contribution in [0.25, 0.3) is 28.4 Å². The minimum absolute atomic E-state index is 0.0426. The van der Waals surface area contributed by atoms with Crippen molar-refractivity contribution in [2.24, 2.45) is 0 Å². The van der Waals surface area contributed by atoms with E-state index >= 15 is 0 Å². The molecule has 6 heteroatoms. The Morgan fingerprint density at radius 2 is 1.84 bits per heavy atom. The molecule has 0 unspecified atom stereocenters. The molecule has 0 atom stereocenters. The monoisotopic (exact) mass is 340 g/mol. The minimum atomic E-state index is -1.02. The average Bonchev–Trinajstić information content (AvgIpc) is 3.03. The zero-order chi connectivity index (χ0) is 18.0. The van der Waals surface area contributed by atoms with Gasteiger partial charge in [-0.1, -0.05) is 0 Å². The summed E-state index contributed by atoms with van der Waals surface area (Å²) in [6, 6.07) is 10.2. The molecule has 6 nitrogen and oxygen atoms in total. The molecule has 25 heavy (non-hydrogen) atoms. The topological polar surface area (TPSA) is 89.1 Å². The van der Waals surface area contributed by atoms with Gasteiger partial charge in [-0.2, -0.15) is 0 Å². The number of carboxylic acid groups (broad SMARTS) is 1. The van der Waals surface area contributed by atoms with E-state index in [1.165, 1.54) is 26.4 Å². The number of aromatic hydroxyl groups is 1. The molecule has 2 N–H and O–H groups in total. The number of fused-ring (bicyclic) bond motifs is 1. The van der Waals surface area contributed by atoms with Crippen molar-refractivity contribution in [2.45, 2.75) is 0 Å². The number of phenolic OH excluding ortho intramolecular Hbond substituents is 1. The lowest BCUT2D eigenvalue weighted by molar-refractivity contribution is -0.131. The van der Waals surface area contributed by atoms with Gasteiger partial charge in [0.1, 0.15) is 5.76 Å². The van der Waals surface area contributed by atoms with Gasteiger partial charge in [-0.05, 0) is 48.0 Å². The molecule has 0 saturated carbocycles. The van der Waals surface area contributed by atoms with Crippen LogP contribution in [0.1, 0.15) is 5.56 Å². The summed E-state index contributed by atoms with van der Waals surface area (Å²) in [5.74, 6) is 0.435. The molecule has 0 bridgehead atoms. The lowest BCUT2D eigenvalue weighted by Gasteiger charge is -2.04. The molecule has 0 fully saturated rings. The van der Waals surface area contributed by atoms with Crippen molar-refractivity contribution in [3.8, 4) is 28.6 Å². The number of hydrogen-bond donors (Lipinski definition) is 2. The highest BCUT2D eigenvalue weighted by atomic mass is 16.5. The first kappa shape index (κ1) is 16.4. The van der Waals surface area contributed by atoms with Crippen molar-refractivity contribution in [2.75, 3.05) is 14.2 Å². The first-order chi connectivity index (χ1) is 12.0. The highest BCUT2D eigenvalue weighted by molar-refractivity contribution is 5.91. The number of benzene rings is 2. The number of ether oxygens (including phenoxy) is 2. The Morgan fingerprint density at radius 3 is 2.52 bits per heavy atom. The van der Waals surface area contributed by atoms with Crippen LogP contribution in [-0.4, -0.2) is 30.4 Å². The number of hydrogen-bond acceptors (Lipinski definition) is 5. The molecule has 128 valence electrons. The number of phenols is 1. The lowest BCUT2D eigenvalue weighted by atomic mass is 10.1. The van der Waals surface area contributed by atoms with Gasteiger partial charge in [-0.25, -0.2) is 4.79 Å². The molecular formula is C19H16O6. The molecule has 0 aliphatic carbocycles. The first-order valence-electron chi connectivity index (χ1n) is 7.42. The predicted molar refractivity (Wildman–Crippen MR) is 93.1 cm³/mol. The molecule has 0 radical (unpaired) electrons. The molecule has 0 aliphatic heterocycles. The van der Waals surface area contributed by atoms with Crippen molar-refractivity contribution in [1.29, 1.82) is 0 Å². The molecule has 0 saturated heterocycles. The van der Waals surface area contributed by atoms with Crippen LogP contribution in [0.2, 0.25) is 0 Å². The summed E-state index contributed by atoms with van der Waals surface area (Å²) < 4.78 is 16.4. The normalized spacial score (nSPS) is 11.1. The van der Waals surface area contributed by atoms with Gasteiger partial charge in [0.15, 0.2) is 22.8 Å². The fourth-order valence-corrected chi connectivity index (χ4v) is 2.53. The van der Waals surface area contributed by atoms with Gasteiger partial charge in [0.05, 0.1) is 14.2 Å². The van der Waals surface area contributed by atoms with E-state index in [9.17, 15) is 9.90 Å². The van der Waals surface area contributed by atoms with Crippen molar-refractivity contribution < 1.29 is 28.9 Å². The highest BCUT2D eigenvalue weighted by Gasteiger charge is 2.13. The lowest BCUT2D eigenvalue weighted by Crippen LogP contribution is -1.87. The van der Waals surface area contributed by atoms with E-state index in [1.54, 1.807) is 18.2 Å². The second-order valence-electron chi connectivity index (χ2n) is 5.31. The second kappa shape index (κ2) is 6.60. The van der Waals surface area contributed by atoms with Gasteiger partial charge >= 0.3 is 5.97 Å². The largest absolute Gasteiger partial charge is 0.504 e. The third kappa shape index (κ3) is 3.28. The van der Waals surface area contributed by atoms with Crippen LogP contribution in [0.3, 0.4) is 0 Å². The zero-order valence-corrected chi connectivity index (χ0v) is 13.6. The number of furan rings is 1. The van der Waals surface area contributed by atoms with E-state index in [2.05, 4.69) is 0 Å². The minimum Gasteiger partial charge on any atom is -0.504 e. The van der Waals surface area contributed by atoms with E-state index in [0.29, 0.717) is 28.4 Å². The Balaban J connectivity index is 2.11. The van der Waals surface area contributed by atoms with Crippen LogP contribution in [0.5, 0.6) is 17.2 Å². The molecule has 3 rings (SSSR count). The highest BCUT2D eigenvalue weighted by Crippen LogP contribution is 2.37. The molecule has 1 aromatic heterocycles. The van der Waals surface area contributed by atoms with Crippen molar-refractivity contribution in [3.63, 3.8) is 0 Å². The number of methoxy groups -OCH3 is 2. The standard InChI is InChI=1S/C19H16O6/c1-23-16-9-12(4-5-14(16)20)15-10-13-7-11(3-6-18(21)22)8-17(24-2)19(13)25-15/h3-10,20H,1-2H3,(H,21,22)/b6-3+. The Morgan fingerprint density at radius 1 is 1.08 bits per heavy atom. The van der Waals surface area contributed by atoms with Gasteiger partial charge in [0, 0.05) is 17.0 Å². The smallest absolute Gasteiger partial charge is 0.328 e. The van der Waals surface area contributed by atoms with Gasteiger partial charge in [-0.15, -0.1) is 0 Å². The van der Waals surface area contributed by atoms with Crippen LogP contribution in [0.15, 0.2) is 46.9 Å². The predicted octanol–water partition coefficient (Wildman–Crippen LogP) is 3.92. The van der Waals surface area contributed by atoms with Crippen LogP contribution in [-0.2, 0) is 4.79 Å². The van der Waals surface area contributed by atoms with Crippen molar-refractivity contribution in [1.82, 2.24) is 0 Å². The van der Waals surface area contributed by atoms with E-state index in [-0.39, 0.29) is 5.75 Å². The Hall–Kier alpha value is -3.41. The van der Waals surface area contributed by atoms with Gasteiger partial charge in [0.25, 0.3) is 0 Å². The molecule has 0 aliphatic rings. The quantitative estimate of drug-likeness (QED) is 0.684. The van der Waals surface area contributed by atoms with E-state index < -0.39 is 5.97 Å². The fraction of sp³-hybridized carbons (Fsp3) is 0.105. The Labute approximate surface area is 143 Å². The summed E-state index contributed by atoms with van der Waals surface area (Å²) in [5, 5.41) is 19.3.